The summed E-state index contributed by atoms with van der Waals surface area (Å²) >= 11 is 0. The predicted molar refractivity (Wildman–Crippen MR) is 257 cm³/mol. The van der Waals surface area contributed by atoms with Crippen LogP contribution in [0.25, 0.3) is 0 Å². The lowest BCUT2D eigenvalue weighted by Crippen LogP contribution is -2.68. The van der Waals surface area contributed by atoms with Gasteiger partial charge in [0.25, 0.3) is 0 Å². The van der Waals surface area contributed by atoms with Gasteiger partial charge in [0.15, 0.2) is 18.9 Å². The number of allylic oxidation sites excluding steroid dienone is 1. The van der Waals surface area contributed by atoms with Gasteiger partial charge in [-0.1, -0.05) is 53.2 Å². The van der Waals surface area contributed by atoms with Crippen LogP contribution in [0.1, 0.15) is 113 Å². The Morgan fingerprint density at radius 2 is 1.27 bits per heavy atom. The highest BCUT2D eigenvalue weighted by Crippen LogP contribution is 2.76. The van der Waals surface area contributed by atoms with Crippen LogP contribution in [-0.2, 0) is 42.7 Å². The minimum atomic E-state index is -1.89. The zero-order chi connectivity index (χ0) is 54.9. The van der Waals surface area contributed by atoms with E-state index in [1.165, 1.54) is 6.92 Å². The molecule has 4 saturated heterocycles. The third kappa shape index (κ3) is 9.21. The van der Waals surface area contributed by atoms with Crippen LogP contribution in [0.3, 0.4) is 0 Å². The van der Waals surface area contributed by atoms with E-state index in [-0.39, 0.29) is 35.2 Å². The molecule has 22 heteroatoms. The smallest absolute Gasteiger partial charge is 0.315 e. The fraction of sp³-hybridized carbons (Fsp3) is 0.943. The molecule has 8 fully saturated rings. The zero-order valence-corrected chi connectivity index (χ0v) is 44.4. The molecule has 4 aliphatic heterocycles. The van der Waals surface area contributed by atoms with Crippen LogP contribution in [0.2, 0.25) is 0 Å². The summed E-state index contributed by atoms with van der Waals surface area (Å²) in [6, 6.07) is 0. The van der Waals surface area contributed by atoms with Crippen molar-refractivity contribution in [2.24, 2.45) is 50.7 Å². The van der Waals surface area contributed by atoms with Gasteiger partial charge in [-0.3, -0.25) is 4.79 Å². The molecule has 0 aromatic carbocycles. The van der Waals surface area contributed by atoms with Gasteiger partial charge in [-0.15, -0.1) is 0 Å². The minimum Gasteiger partial charge on any atom is -0.432 e. The van der Waals surface area contributed by atoms with Crippen LogP contribution in [-0.4, -0.2) is 221 Å². The number of aliphatic hydroxyl groups excluding tert-OH is 12. The average molecular weight is 1080 g/mol. The first-order chi connectivity index (χ1) is 35.0. The second kappa shape index (κ2) is 20.7. The molecule has 29 atom stereocenters. The summed E-state index contributed by atoms with van der Waals surface area (Å²) in [5.41, 5.74) is -3.14. The summed E-state index contributed by atoms with van der Waals surface area (Å²) in [7, 11) is 0. The molecule has 9 rings (SSSR count). The van der Waals surface area contributed by atoms with Crippen LogP contribution >= 0.6 is 0 Å². The van der Waals surface area contributed by atoms with Crippen molar-refractivity contribution in [2.75, 3.05) is 19.8 Å². The molecule has 5 aliphatic carbocycles. The molecule has 13 N–H and O–H groups in total. The number of ether oxygens (including phenoxy) is 8. The van der Waals surface area contributed by atoms with Gasteiger partial charge in [0.1, 0.15) is 85.5 Å². The van der Waals surface area contributed by atoms with Gasteiger partial charge in [-0.05, 0) is 111 Å². The van der Waals surface area contributed by atoms with Gasteiger partial charge >= 0.3 is 5.97 Å². The number of rotatable bonds is 10. The maximum Gasteiger partial charge on any atom is 0.315 e. The first-order valence-corrected chi connectivity index (χ1v) is 27.3. The Balaban J connectivity index is 0.937. The van der Waals surface area contributed by atoms with Crippen LogP contribution in [0, 0.1) is 50.7 Å². The maximum absolute atomic E-state index is 15.1. The fourth-order valence-electron chi connectivity index (χ4n) is 16.3. The van der Waals surface area contributed by atoms with Crippen molar-refractivity contribution in [1.82, 2.24) is 0 Å². The highest BCUT2D eigenvalue weighted by Gasteiger charge is 2.72. The first kappa shape index (κ1) is 58.1. The molecular formula is C53H86O22. The van der Waals surface area contributed by atoms with Crippen molar-refractivity contribution in [3.05, 3.63) is 11.6 Å². The van der Waals surface area contributed by atoms with Gasteiger partial charge in [0.05, 0.1) is 43.0 Å². The number of carbonyl (C=O) groups excluding carboxylic acids is 1. The van der Waals surface area contributed by atoms with Crippen LogP contribution in [0.15, 0.2) is 11.6 Å². The third-order valence-electron chi connectivity index (χ3n) is 21.4. The maximum atomic E-state index is 15.1. The van der Waals surface area contributed by atoms with E-state index in [2.05, 4.69) is 40.7 Å². The number of hydrogen-bond donors (Lipinski definition) is 13. The number of fused-ring (bicyclic) bond motifs is 7. The van der Waals surface area contributed by atoms with E-state index in [0.29, 0.717) is 38.5 Å². The highest BCUT2D eigenvalue weighted by molar-refractivity contribution is 5.79. The van der Waals surface area contributed by atoms with Gasteiger partial charge in [-0.2, -0.15) is 0 Å². The highest BCUT2D eigenvalue weighted by atomic mass is 16.8. The van der Waals surface area contributed by atoms with Gasteiger partial charge in [0, 0.05) is 5.92 Å². The van der Waals surface area contributed by atoms with Crippen molar-refractivity contribution < 1.29 is 109 Å². The van der Waals surface area contributed by atoms with Crippen LogP contribution in [0.5, 0.6) is 0 Å². The summed E-state index contributed by atoms with van der Waals surface area (Å²) in [4.78, 5) is 15.1. The van der Waals surface area contributed by atoms with Crippen molar-refractivity contribution in [3.63, 3.8) is 0 Å². The van der Waals surface area contributed by atoms with Crippen LogP contribution in [0.4, 0.5) is 0 Å². The largest absolute Gasteiger partial charge is 0.432 e. The monoisotopic (exact) mass is 1070 g/mol. The molecular weight excluding hydrogens is 989 g/mol. The molecule has 0 radical (unpaired) electrons. The number of carbonyl (C=O) groups is 1. The van der Waals surface area contributed by atoms with Gasteiger partial charge in [0.2, 0.25) is 6.29 Å². The predicted octanol–water partition coefficient (Wildman–Crippen LogP) is -1.40. The van der Waals surface area contributed by atoms with E-state index in [0.717, 1.165) is 24.8 Å². The molecule has 0 spiro atoms. The Morgan fingerprint density at radius 1 is 0.640 bits per heavy atom. The van der Waals surface area contributed by atoms with E-state index in [1.807, 2.05) is 6.92 Å². The fourth-order valence-corrected chi connectivity index (χ4v) is 16.3. The Kier molecular flexibility index (Phi) is 16.1. The molecule has 75 heavy (non-hydrogen) atoms. The SMILES string of the molecule is C[C@@H]1O[C@@H](O[C@H]2[C@H](O[C@H]3CC[C@]4(C)[C@H]5CC=C6[C@H]7[C@](C(=O)O[C@@H]8O[C@H](CO[C@@H]9O[C@H](CO)[C@@H](O)[C@@H](O)[C@H]9O)[C@@H](O)[C@H](O)[C@H]8O)(CC[C@@H](C)[C@@]7(C)O)CC[C@@]6(C)[C@]5(C)CC[C@H]4C3(C)C)OC[C@@H](O)[C@@H]2O)[C@H](O)[C@H](O)[C@H]1O. The minimum absolute atomic E-state index is 0.137. The third-order valence-corrected chi connectivity index (χ3v) is 21.4. The van der Waals surface area contributed by atoms with Crippen molar-refractivity contribution in [2.45, 2.75) is 242 Å². The Labute approximate surface area is 437 Å². The second-order valence-electron chi connectivity index (χ2n) is 25.5. The molecule has 22 nitrogen and oxygen atoms in total. The van der Waals surface area contributed by atoms with Gasteiger partial charge in [-0.25, -0.2) is 0 Å². The van der Waals surface area contributed by atoms with E-state index in [4.69, 9.17) is 37.9 Å². The lowest BCUT2D eigenvalue weighted by atomic mass is 9.33. The molecule has 430 valence electrons. The van der Waals surface area contributed by atoms with Crippen molar-refractivity contribution in [3.8, 4) is 0 Å². The Morgan fingerprint density at radius 3 is 1.95 bits per heavy atom. The standard InChI is InChI=1S/C53H86O22/c1-22-11-16-53(47(66)75-45-40(65)37(62)34(59)27(72-45)21-69-43-38(63)36(61)33(58)26(19-54)71-43)18-17-50(6)24(42(53)52(22,8)67)9-10-29-49(5)14-13-30(48(3,4)28(49)12-15-51(29,50)7)73-46-41(32(57)25(55)20-68-46)74-44-39(64)35(60)31(56)23(2)70-44/h9,22-23,25-46,54-65,67H,10-21H2,1-8H3/t22-,23+,25-,26-,27-,28+,29-,30+,31+,32+,33-,34-,35-,36-,37+,38-,39-,40-,41-,42-,43-,44+,45+,46+,49+,50-,51-,52-,53+/m1/s1. The van der Waals surface area contributed by atoms with Crippen molar-refractivity contribution in [1.29, 1.82) is 0 Å². The molecule has 0 bridgehead atoms. The molecule has 4 saturated carbocycles. The Bertz CT molecular complexity index is 2080. The Hall–Kier alpha value is -1.59. The normalized spacial score (nSPS) is 55.8. The van der Waals surface area contributed by atoms with Gasteiger partial charge < -0.3 is 104 Å². The summed E-state index contributed by atoms with van der Waals surface area (Å²) in [6.07, 6.45) is -21.8. The van der Waals surface area contributed by atoms with E-state index >= 15 is 4.79 Å². The topological polar surface area (TPSA) is 354 Å². The molecule has 9 aliphatic rings. The zero-order valence-electron chi connectivity index (χ0n) is 44.4. The summed E-state index contributed by atoms with van der Waals surface area (Å²) in [5, 5.41) is 140. The summed E-state index contributed by atoms with van der Waals surface area (Å²) in [6.45, 7) is 15.1. The quantitative estimate of drug-likeness (QED) is 0.0680. The lowest BCUT2D eigenvalue weighted by Gasteiger charge is -2.72. The number of esters is 1. The van der Waals surface area contributed by atoms with E-state index < -0.39 is 170 Å². The molecule has 0 aromatic heterocycles. The molecule has 0 unspecified atom stereocenters. The average Bonchev–Trinajstić information content (AvgIpc) is 3.36. The number of hydrogen-bond acceptors (Lipinski definition) is 22. The molecule has 0 amide bonds. The molecule has 0 aromatic rings. The number of aliphatic hydroxyl groups is 13. The van der Waals surface area contributed by atoms with E-state index in [9.17, 15) is 66.4 Å². The second-order valence-corrected chi connectivity index (χ2v) is 25.5. The van der Waals surface area contributed by atoms with Crippen molar-refractivity contribution >= 4 is 5.97 Å². The molecule has 4 heterocycles. The summed E-state index contributed by atoms with van der Waals surface area (Å²) in [5.74, 6) is -1.35. The lowest BCUT2D eigenvalue weighted by molar-refractivity contribution is -0.364. The van der Waals surface area contributed by atoms with E-state index in [1.54, 1.807) is 6.92 Å². The summed E-state index contributed by atoms with van der Waals surface area (Å²) < 4.78 is 47.7. The first-order valence-electron chi connectivity index (χ1n) is 27.3. The van der Waals surface area contributed by atoms with Crippen LogP contribution < -0.4 is 0 Å².